The molecule has 6 heteroatoms. The smallest absolute Gasteiger partial charge is 0.243 e. The molecule has 0 bridgehead atoms. The van der Waals surface area contributed by atoms with E-state index >= 15 is 0 Å². The average Bonchev–Trinajstić information content (AvgIpc) is 2.84. The normalized spacial score (nSPS) is 11.8. The van der Waals surface area contributed by atoms with Gasteiger partial charge in [-0.05, 0) is 12.5 Å². The van der Waals surface area contributed by atoms with Gasteiger partial charge in [-0.2, -0.15) is 0 Å². The van der Waals surface area contributed by atoms with Crippen molar-refractivity contribution in [3.8, 4) is 0 Å². The molecule has 2 rings (SSSR count). The number of imidazole rings is 1. The summed E-state index contributed by atoms with van der Waals surface area (Å²) in [5, 5.41) is 2.51. The predicted octanol–water partition coefficient (Wildman–Crippen LogP) is 0.926. The molecule has 6 nitrogen and oxygen atoms in total. The van der Waals surface area contributed by atoms with Crippen molar-refractivity contribution in [3.63, 3.8) is 0 Å². The van der Waals surface area contributed by atoms with Gasteiger partial charge >= 0.3 is 0 Å². The van der Waals surface area contributed by atoms with Gasteiger partial charge in [0, 0.05) is 12.4 Å². The second-order valence-electron chi connectivity index (χ2n) is 4.17. The number of H-pyrrole nitrogens is 1. The molecule has 2 amide bonds. The topological polar surface area (TPSA) is 101 Å². The van der Waals surface area contributed by atoms with Gasteiger partial charge < -0.3 is 10.7 Å². The lowest BCUT2D eigenvalue weighted by molar-refractivity contribution is -0.127. The molecule has 98 valence electrons. The maximum atomic E-state index is 12.1. The Kier molecular flexibility index (Phi) is 3.61. The molecule has 1 atom stereocenters. The molecule has 0 fully saturated rings. The highest BCUT2D eigenvalue weighted by atomic mass is 16.2. The molecule has 4 N–H and O–H groups in total. The Morgan fingerprint density at radius 3 is 2.53 bits per heavy atom. The second-order valence-corrected chi connectivity index (χ2v) is 4.17. The summed E-state index contributed by atoms with van der Waals surface area (Å²) < 4.78 is 0. The van der Waals surface area contributed by atoms with Gasteiger partial charge in [-0.3, -0.25) is 14.9 Å². The Morgan fingerprint density at radius 2 is 2.00 bits per heavy atom. The van der Waals surface area contributed by atoms with Crippen molar-refractivity contribution in [3.05, 3.63) is 47.8 Å². The zero-order valence-corrected chi connectivity index (χ0v) is 10.4. The fraction of sp³-hybridized carbons (Fsp3) is 0.154. The van der Waals surface area contributed by atoms with Crippen LogP contribution in [0.15, 0.2) is 36.7 Å². The molecule has 19 heavy (non-hydrogen) atoms. The van der Waals surface area contributed by atoms with E-state index in [0.717, 1.165) is 5.56 Å². The van der Waals surface area contributed by atoms with Crippen molar-refractivity contribution in [1.82, 2.24) is 9.97 Å². The number of rotatable bonds is 4. The van der Waals surface area contributed by atoms with Crippen LogP contribution in [-0.4, -0.2) is 21.8 Å². The second kappa shape index (κ2) is 5.34. The van der Waals surface area contributed by atoms with Gasteiger partial charge in [0.1, 0.15) is 5.92 Å². The maximum Gasteiger partial charge on any atom is 0.243 e. The molecular weight excluding hydrogens is 244 g/mol. The summed E-state index contributed by atoms with van der Waals surface area (Å²) in [6, 6.07) is 7.08. The lowest BCUT2D eigenvalue weighted by atomic mass is 9.96. The van der Waals surface area contributed by atoms with Crippen LogP contribution < -0.4 is 11.1 Å². The van der Waals surface area contributed by atoms with E-state index in [1.54, 1.807) is 18.3 Å². The van der Waals surface area contributed by atoms with Crippen LogP contribution in [0, 0.1) is 6.92 Å². The summed E-state index contributed by atoms with van der Waals surface area (Å²) >= 11 is 0. The minimum absolute atomic E-state index is 0.281. The molecular formula is C13H14N4O2. The SMILES string of the molecule is Cc1ccc(C(C(N)=O)C(=O)Nc2ncc[nH]2)cc1. The Hall–Kier alpha value is -2.63. The van der Waals surface area contributed by atoms with E-state index in [0.29, 0.717) is 5.56 Å². The number of aromatic nitrogens is 2. The number of hydrogen-bond acceptors (Lipinski definition) is 3. The summed E-state index contributed by atoms with van der Waals surface area (Å²) in [5.41, 5.74) is 6.90. The maximum absolute atomic E-state index is 12.1. The zero-order chi connectivity index (χ0) is 13.8. The largest absolute Gasteiger partial charge is 0.369 e. The highest BCUT2D eigenvalue weighted by molar-refractivity contribution is 6.10. The van der Waals surface area contributed by atoms with E-state index in [1.165, 1.54) is 6.20 Å². The van der Waals surface area contributed by atoms with Gasteiger partial charge in [0.2, 0.25) is 17.8 Å². The van der Waals surface area contributed by atoms with Crippen molar-refractivity contribution >= 4 is 17.8 Å². The van der Waals surface area contributed by atoms with Crippen LogP contribution in [0.4, 0.5) is 5.95 Å². The van der Waals surface area contributed by atoms with Crippen molar-refractivity contribution in [2.75, 3.05) is 5.32 Å². The highest BCUT2D eigenvalue weighted by Gasteiger charge is 2.26. The van der Waals surface area contributed by atoms with Gasteiger partial charge in [-0.25, -0.2) is 4.98 Å². The first-order valence-electron chi connectivity index (χ1n) is 5.74. The van der Waals surface area contributed by atoms with Crippen LogP contribution in [0.3, 0.4) is 0 Å². The molecule has 1 aromatic carbocycles. The number of carbonyl (C=O) groups excluding carboxylic acids is 2. The summed E-state index contributed by atoms with van der Waals surface area (Å²) in [4.78, 5) is 30.1. The molecule has 0 aliphatic heterocycles. The van der Waals surface area contributed by atoms with Crippen LogP contribution >= 0.6 is 0 Å². The first-order chi connectivity index (χ1) is 9.08. The number of amides is 2. The van der Waals surface area contributed by atoms with Crippen molar-refractivity contribution in [2.24, 2.45) is 5.73 Å². The number of nitrogens with one attached hydrogen (secondary N) is 2. The third kappa shape index (κ3) is 2.98. The Labute approximate surface area is 110 Å². The van der Waals surface area contributed by atoms with Crippen molar-refractivity contribution in [2.45, 2.75) is 12.8 Å². The number of anilines is 1. The van der Waals surface area contributed by atoms with Gasteiger partial charge in [0.05, 0.1) is 0 Å². The molecule has 0 saturated carbocycles. The van der Waals surface area contributed by atoms with Crippen LogP contribution in [0.2, 0.25) is 0 Å². The fourth-order valence-corrected chi connectivity index (χ4v) is 1.73. The predicted molar refractivity (Wildman–Crippen MR) is 70.3 cm³/mol. The lowest BCUT2D eigenvalue weighted by Crippen LogP contribution is -2.32. The Morgan fingerprint density at radius 1 is 1.32 bits per heavy atom. The number of primary amides is 1. The van der Waals surface area contributed by atoms with Gasteiger partial charge in [0.25, 0.3) is 0 Å². The van der Waals surface area contributed by atoms with E-state index in [1.807, 2.05) is 19.1 Å². The van der Waals surface area contributed by atoms with E-state index in [2.05, 4.69) is 15.3 Å². The van der Waals surface area contributed by atoms with Gasteiger partial charge in [-0.1, -0.05) is 29.8 Å². The summed E-state index contributed by atoms with van der Waals surface area (Å²) in [6.45, 7) is 1.92. The number of nitrogens with zero attached hydrogens (tertiary/aromatic N) is 1. The number of benzene rings is 1. The highest BCUT2D eigenvalue weighted by Crippen LogP contribution is 2.18. The molecule has 1 unspecified atom stereocenters. The lowest BCUT2D eigenvalue weighted by Gasteiger charge is -2.13. The standard InChI is InChI=1S/C13H14N4O2/c1-8-2-4-9(5-3-8)10(11(14)18)12(19)17-13-15-6-7-16-13/h2-7,10H,1H3,(H2,14,18)(H2,15,16,17,19). The Bertz CT molecular complexity index is 575. The molecule has 0 aliphatic rings. The van der Waals surface area contributed by atoms with Gasteiger partial charge in [-0.15, -0.1) is 0 Å². The number of hydrogen-bond donors (Lipinski definition) is 3. The summed E-state index contributed by atoms with van der Waals surface area (Å²) in [7, 11) is 0. The average molecular weight is 258 g/mol. The first kappa shape index (κ1) is 12.8. The summed E-state index contributed by atoms with van der Waals surface area (Å²) in [5.74, 6) is -1.96. The van der Waals surface area contributed by atoms with Gasteiger partial charge in [0.15, 0.2) is 0 Å². The first-order valence-corrected chi connectivity index (χ1v) is 5.74. The van der Waals surface area contributed by atoms with E-state index in [9.17, 15) is 9.59 Å². The fourth-order valence-electron chi connectivity index (χ4n) is 1.73. The molecule has 0 saturated heterocycles. The number of aromatic amines is 1. The van der Waals surface area contributed by atoms with Crippen LogP contribution in [0.1, 0.15) is 17.0 Å². The third-order valence-corrected chi connectivity index (χ3v) is 2.70. The van der Waals surface area contributed by atoms with Crippen LogP contribution in [0.5, 0.6) is 0 Å². The summed E-state index contributed by atoms with van der Waals surface area (Å²) in [6.07, 6.45) is 3.07. The third-order valence-electron chi connectivity index (χ3n) is 2.70. The zero-order valence-electron chi connectivity index (χ0n) is 10.4. The Balaban J connectivity index is 2.22. The van der Waals surface area contributed by atoms with E-state index in [4.69, 9.17) is 5.73 Å². The number of nitrogens with two attached hydrogens (primary N) is 1. The molecule has 1 heterocycles. The van der Waals surface area contributed by atoms with Crippen molar-refractivity contribution in [1.29, 1.82) is 0 Å². The molecule has 2 aromatic rings. The van der Waals surface area contributed by atoms with Crippen LogP contribution in [0.25, 0.3) is 0 Å². The minimum atomic E-state index is -1.04. The monoisotopic (exact) mass is 258 g/mol. The molecule has 1 aromatic heterocycles. The number of carbonyl (C=O) groups is 2. The van der Waals surface area contributed by atoms with E-state index in [-0.39, 0.29) is 5.95 Å². The van der Waals surface area contributed by atoms with E-state index < -0.39 is 17.7 Å². The minimum Gasteiger partial charge on any atom is -0.369 e. The molecule has 0 radical (unpaired) electrons. The van der Waals surface area contributed by atoms with Crippen molar-refractivity contribution < 1.29 is 9.59 Å². The number of aryl methyl sites for hydroxylation is 1. The quantitative estimate of drug-likeness (QED) is 0.711. The molecule has 0 spiro atoms. The van der Waals surface area contributed by atoms with Crippen LogP contribution in [-0.2, 0) is 9.59 Å². The molecule has 0 aliphatic carbocycles.